The third-order valence-electron chi connectivity index (χ3n) is 2.82. The largest absolute Gasteiger partial charge is 0.469 e. The van der Waals surface area contributed by atoms with Crippen LogP contribution in [0.1, 0.15) is 18.2 Å². The van der Waals surface area contributed by atoms with E-state index in [0.29, 0.717) is 6.42 Å². The molecule has 3 heteroatoms. The summed E-state index contributed by atoms with van der Waals surface area (Å²) in [5.41, 5.74) is 0.400. The molecule has 2 nitrogen and oxygen atoms in total. The first-order valence-corrected chi connectivity index (χ1v) is 6.14. The lowest BCUT2D eigenvalue weighted by Gasteiger charge is -2.22. The molecule has 2 rings (SSSR count). The van der Waals surface area contributed by atoms with Gasteiger partial charge in [0.2, 0.25) is 0 Å². The molecule has 1 aromatic carbocycles. The van der Waals surface area contributed by atoms with Gasteiger partial charge in [-0.1, -0.05) is 34.1 Å². The Balaban J connectivity index is 2.39. The molecular weight excluding hydrogens is 278 g/mol. The topological polar surface area (TPSA) is 36.9 Å². The fourth-order valence-electron chi connectivity index (χ4n) is 1.87. The minimum absolute atomic E-state index is 0.569. The predicted octanol–water partition coefficient (Wildman–Crippen LogP) is 4.07. The lowest BCUT2D eigenvalue weighted by molar-refractivity contribution is 0.461. The zero-order valence-corrected chi connectivity index (χ0v) is 11.1. The molecule has 1 aromatic heterocycles. The third-order valence-corrected chi connectivity index (χ3v) is 3.51. The Kier molecular flexibility index (Phi) is 3.35. The van der Waals surface area contributed by atoms with Crippen molar-refractivity contribution in [3.63, 3.8) is 0 Å². The first-order chi connectivity index (χ1) is 8.15. The first-order valence-electron chi connectivity index (χ1n) is 5.34. The van der Waals surface area contributed by atoms with Gasteiger partial charge < -0.3 is 4.42 Å². The van der Waals surface area contributed by atoms with Crippen LogP contribution in [-0.4, -0.2) is 0 Å². The van der Waals surface area contributed by atoms with Crippen LogP contribution in [0.15, 0.2) is 51.6 Å². The molecule has 0 bridgehead atoms. The number of furan rings is 1. The van der Waals surface area contributed by atoms with Gasteiger partial charge in [0.05, 0.1) is 17.7 Å². The standard InChI is InChI=1S/C14H12BrNO/c1-14(10-16,9-11-5-4-8-17-11)12-6-2-3-7-13(12)15/h2-8H,9H2,1H3. The van der Waals surface area contributed by atoms with Gasteiger partial charge in [0.25, 0.3) is 0 Å². The van der Waals surface area contributed by atoms with E-state index < -0.39 is 5.41 Å². The van der Waals surface area contributed by atoms with Crippen molar-refractivity contribution in [2.24, 2.45) is 0 Å². The van der Waals surface area contributed by atoms with Crippen LogP contribution < -0.4 is 0 Å². The van der Waals surface area contributed by atoms with Crippen molar-refractivity contribution >= 4 is 15.9 Å². The maximum atomic E-state index is 9.45. The van der Waals surface area contributed by atoms with Gasteiger partial charge in [0, 0.05) is 10.9 Å². The number of halogens is 1. The summed E-state index contributed by atoms with van der Waals surface area (Å²) in [4.78, 5) is 0. The molecule has 1 unspecified atom stereocenters. The minimum Gasteiger partial charge on any atom is -0.469 e. The Bertz CT molecular complexity index is 542. The summed E-state index contributed by atoms with van der Waals surface area (Å²) in [7, 11) is 0. The summed E-state index contributed by atoms with van der Waals surface area (Å²) >= 11 is 3.50. The maximum Gasteiger partial charge on any atom is 0.105 e. The number of nitrogens with zero attached hydrogens (tertiary/aromatic N) is 1. The summed E-state index contributed by atoms with van der Waals surface area (Å²) in [5, 5.41) is 9.45. The van der Waals surface area contributed by atoms with Crippen molar-refractivity contribution in [3.8, 4) is 6.07 Å². The molecule has 0 fully saturated rings. The van der Waals surface area contributed by atoms with Crippen LogP contribution in [0, 0.1) is 11.3 Å². The maximum absolute atomic E-state index is 9.45. The van der Waals surface area contributed by atoms with Crippen LogP contribution in [0.4, 0.5) is 0 Å². The lowest BCUT2D eigenvalue weighted by atomic mass is 9.80. The molecule has 0 aliphatic rings. The van der Waals surface area contributed by atoms with Gasteiger partial charge in [0.15, 0.2) is 0 Å². The van der Waals surface area contributed by atoms with Crippen molar-refractivity contribution in [1.82, 2.24) is 0 Å². The summed E-state index contributed by atoms with van der Waals surface area (Å²) < 4.78 is 6.28. The van der Waals surface area contributed by atoms with Crippen molar-refractivity contribution in [1.29, 1.82) is 5.26 Å². The van der Waals surface area contributed by atoms with Crippen molar-refractivity contribution in [2.45, 2.75) is 18.8 Å². The summed E-state index contributed by atoms with van der Waals surface area (Å²) in [6, 6.07) is 13.9. The molecule has 0 N–H and O–H groups in total. The highest BCUT2D eigenvalue weighted by atomic mass is 79.9. The Hall–Kier alpha value is -1.53. The molecule has 0 aliphatic carbocycles. The van der Waals surface area contributed by atoms with Crippen LogP contribution in [0.2, 0.25) is 0 Å². The minimum atomic E-state index is -0.585. The molecule has 1 atom stereocenters. The van der Waals surface area contributed by atoms with E-state index in [2.05, 4.69) is 22.0 Å². The highest BCUT2D eigenvalue weighted by Crippen LogP contribution is 2.32. The summed E-state index contributed by atoms with van der Waals surface area (Å²) in [6.07, 6.45) is 2.20. The van der Waals surface area contributed by atoms with Gasteiger partial charge in [-0.2, -0.15) is 5.26 Å². The third kappa shape index (κ3) is 2.42. The Morgan fingerprint density at radius 1 is 1.29 bits per heavy atom. The van der Waals surface area contributed by atoms with Crippen LogP contribution >= 0.6 is 15.9 Å². The molecule has 2 aromatic rings. The quantitative estimate of drug-likeness (QED) is 0.854. The van der Waals surface area contributed by atoms with Crippen LogP contribution in [-0.2, 0) is 11.8 Å². The van der Waals surface area contributed by atoms with Gasteiger partial charge in [-0.05, 0) is 30.7 Å². The van der Waals surface area contributed by atoms with Gasteiger partial charge in [-0.15, -0.1) is 0 Å². The zero-order chi connectivity index (χ0) is 12.3. The van der Waals surface area contributed by atoms with Gasteiger partial charge in [-0.25, -0.2) is 0 Å². The average molecular weight is 290 g/mol. The highest BCUT2D eigenvalue weighted by molar-refractivity contribution is 9.10. The summed E-state index contributed by atoms with van der Waals surface area (Å²) in [6.45, 7) is 1.93. The highest BCUT2D eigenvalue weighted by Gasteiger charge is 2.29. The average Bonchev–Trinajstić information content (AvgIpc) is 2.82. The molecule has 0 radical (unpaired) electrons. The normalized spacial score (nSPS) is 13.9. The van der Waals surface area contributed by atoms with Crippen molar-refractivity contribution in [2.75, 3.05) is 0 Å². The van der Waals surface area contributed by atoms with E-state index in [9.17, 15) is 5.26 Å². The van der Waals surface area contributed by atoms with E-state index in [4.69, 9.17) is 4.42 Å². The van der Waals surface area contributed by atoms with Gasteiger partial charge >= 0.3 is 0 Å². The van der Waals surface area contributed by atoms with Crippen LogP contribution in [0.3, 0.4) is 0 Å². The fourth-order valence-corrected chi connectivity index (χ4v) is 2.59. The van der Waals surface area contributed by atoms with Crippen molar-refractivity contribution < 1.29 is 4.42 Å². The molecule has 86 valence electrons. The molecule has 0 spiro atoms. The van der Waals surface area contributed by atoms with E-state index in [-0.39, 0.29) is 0 Å². The van der Waals surface area contributed by atoms with E-state index in [1.807, 2.05) is 43.3 Å². The Morgan fingerprint density at radius 3 is 2.65 bits per heavy atom. The second-order valence-electron chi connectivity index (χ2n) is 4.18. The van der Waals surface area contributed by atoms with E-state index in [1.54, 1.807) is 6.26 Å². The Labute approximate surface area is 109 Å². The second kappa shape index (κ2) is 4.77. The zero-order valence-electron chi connectivity index (χ0n) is 9.48. The second-order valence-corrected chi connectivity index (χ2v) is 5.03. The number of hydrogen-bond acceptors (Lipinski definition) is 2. The molecule has 0 saturated carbocycles. The van der Waals surface area contributed by atoms with E-state index in [1.165, 1.54) is 0 Å². The lowest BCUT2D eigenvalue weighted by Crippen LogP contribution is -2.23. The SMILES string of the molecule is CC(C#N)(Cc1ccco1)c1ccccc1Br. The fraction of sp³-hybridized carbons (Fsp3) is 0.214. The predicted molar refractivity (Wildman–Crippen MR) is 69.5 cm³/mol. The molecule has 0 aliphatic heterocycles. The summed E-state index contributed by atoms with van der Waals surface area (Å²) in [5.74, 6) is 0.824. The van der Waals surface area contributed by atoms with Crippen LogP contribution in [0.25, 0.3) is 0 Å². The van der Waals surface area contributed by atoms with Crippen molar-refractivity contribution in [3.05, 3.63) is 58.5 Å². The van der Waals surface area contributed by atoms with Crippen LogP contribution in [0.5, 0.6) is 0 Å². The number of hydrogen-bond donors (Lipinski definition) is 0. The van der Waals surface area contributed by atoms with Gasteiger partial charge in [-0.3, -0.25) is 0 Å². The van der Waals surface area contributed by atoms with E-state index >= 15 is 0 Å². The van der Waals surface area contributed by atoms with E-state index in [0.717, 1.165) is 15.8 Å². The van der Waals surface area contributed by atoms with Gasteiger partial charge in [0.1, 0.15) is 5.76 Å². The molecule has 1 heterocycles. The number of rotatable bonds is 3. The number of nitriles is 1. The molecule has 0 amide bonds. The first kappa shape index (κ1) is 11.9. The molecule has 0 saturated heterocycles. The number of benzene rings is 1. The monoisotopic (exact) mass is 289 g/mol. The molecular formula is C14H12BrNO. The molecule has 17 heavy (non-hydrogen) atoms. The smallest absolute Gasteiger partial charge is 0.105 e. The Morgan fingerprint density at radius 2 is 2.06 bits per heavy atom.